The summed E-state index contributed by atoms with van der Waals surface area (Å²) in [6.07, 6.45) is 10.5. The molecule has 3 aromatic rings. The quantitative estimate of drug-likeness (QED) is 0.504. The molecule has 7 heteroatoms. The van der Waals surface area contributed by atoms with Gasteiger partial charge in [-0.3, -0.25) is 4.79 Å². The zero-order chi connectivity index (χ0) is 22.2. The van der Waals surface area contributed by atoms with Gasteiger partial charge in [-0.15, -0.1) is 12.4 Å². The Hall–Kier alpha value is -2.60. The van der Waals surface area contributed by atoms with E-state index in [1.165, 1.54) is 24.0 Å². The molecule has 1 atom stereocenters. The molecule has 5 rings (SSSR count). The summed E-state index contributed by atoms with van der Waals surface area (Å²) in [6, 6.07) is 6.08. The molecule has 0 unspecified atom stereocenters. The molecule has 6 nitrogen and oxygen atoms in total. The number of nitrogens with zero attached hydrogens (tertiary/aromatic N) is 4. The molecule has 0 bridgehead atoms. The first kappa shape index (κ1) is 23.6. The molecule has 0 aromatic carbocycles. The van der Waals surface area contributed by atoms with Gasteiger partial charge in [0.05, 0.1) is 12.3 Å². The van der Waals surface area contributed by atoms with Gasteiger partial charge in [0, 0.05) is 37.1 Å². The number of fused-ring (bicyclic) bond motifs is 1. The largest absolute Gasteiger partial charge is 0.491 e. The number of hydrogen-bond acceptors (Lipinski definition) is 4. The Labute approximate surface area is 201 Å². The third kappa shape index (κ3) is 5.01. The number of imidazole rings is 1. The molecule has 176 valence electrons. The number of rotatable bonds is 6. The van der Waals surface area contributed by atoms with Crippen molar-refractivity contribution in [2.45, 2.75) is 65.3 Å². The third-order valence-corrected chi connectivity index (χ3v) is 6.90. The minimum absolute atomic E-state index is 0. The van der Waals surface area contributed by atoms with Crippen LogP contribution in [0.2, 0.25) is 0 Å². The van der Waals surface area contributed by atoms with Gasteiger partial charge >= 0.3 is 0 Å². The second kappa shape index (κ2) is 9.72. The molecule has 0 radical (unpaired) electrons. The second-order valence-corrected chi connectivity index (χ2v) is 9.49. The van der Waals surface area contributed by atoms with E-state index >= 15 is 0 Å². The number of amides is 1. The van der Waals surface area contributed by atoms with Crippen molar-refractivity contribution in [1.82, 2.24) is 19.3 Å². The first-order valence-corrected chi connectivity index (χ1v) is 11.8. The fourth-order valence-electron chi connectivity index (χ4n) is 4.59. The Morgan fingerprint density at radius 1 is 1.09 bits per heavy atom. The van der Waals surface area contributed by atoms with E-state index in [-0.39, 0.29) is 24.4 Å². The molecule has 33 heavy (non-hydrogen) atoms. The monoisotopic (exact) mass is 468 g/mol. The fraction of sp³-hybridized carbons (Fsp3) is 0.500. The first-order valence-electron chi connectivity index (χ1n) is 11.8. The van der Waals surface area contributed by atoms with Gasteiger partial charge in [-0.2, -0.15) is 0 Å². The SMILES string of the molecule is Cc1ccc(OCC2CC2)c(C(=O)N2CCCC[C@H]2Cc2cn3ccc(C)c(C)c3n2)n1.Cl. The van der Waals surface area contributed by atoms with Gasteiger partial charge < -0.3 is 14.0 Å². The topological polar surface area (TPSA) is 59.7 Å². The van der Waals surface area contributed by atoms with Crippen LogP contribution in [-0.4, -0.2) is 44.4 Å². The molecule has 1 amide bonds. The van der Waals surface area contributed by atoms with Crippen LogP contribution in [0.5, 0.6) is 5.75 Å². The van der Waals surface area contributed by atoms with Gasteiger partial charge in [-0.25, -0.2) is 9.97 Å². The number of carbonyl (C=O) groups is 1. The Morgan fingerprint density at radius 2 is 1.91 bits per heavy atom. The van der Waals surface area contributed by atoms with Crippen molar-refractivity contribution in [3.05, 3.63) is 58.8 Å². The molecule has 2 aliphatic rings. The maximum absolute atomic E-state index is 13.7. The van der Waals surface area contributed by atoms with E-state index in [1.807, 2.05) is 24.0 Å². The second-order valence-electron chi connectivity index (χ2n) is 9.49. The lowest BCUT2D eigenvalue weighted by molar-refractivity contribution is 0.0601. The van der Waals surface area contributed by atoms with Crippen LogP contribution in [-0.2, 0) is 6.42 Å². The summed E-state index contributed by atoms with van der Waals surface area (Å²) in [4.78, 5) is 25.2. The van der Waals surface area contributed by atoms with Crippen LogP contribution in [0.25, 0.3) is 5.65 Å². The van der Waals surface area contributed by atoms with Gasteiger partial charge in [0.15, 0.2) is 11.4 Å². The van der Waals surface area contributed by atoms with Crippen LogP contribution in [0.15, 0.2) is 30.6 Å². The maximum atomic E-state index is 13.7. The smallest absolute Gasteiger partial charge is 0.276 e. The number of aryl methyl sites for hydroxylation is 3. The van der Waals surface area contributed by atoms with Crippen LogP contribution >= 0.6 is 12.4 Å². The Kier molecular flexibility index (Phi) is 6.94. The van der Waals surface area contributed by atoms with Gasteiger partial charge in [-0.1, -0.05) is 0 Å². The highest BCUT2D eigenvalue weighted by Gasteiger charge is 2.31. The molecule has 3 aromatic heterocycles. The Balaban J connectivity index is 0.00000259. The van der Waals surface area contributed by atoms with Gasteiger partial charge in [0.2, 0.25) is 0 Å². The summed E-state index contributed by atoms with van der Waals surface area (Å²) in [5, 5.41) is 0. The van der Waals surface area contributed by atoms with Crippen molar-refractivity contribution >= 4 is 24.0 Å². The van der Waals surface area contributed by atoms with Crippen LogP contribution in [0.4, 0.5) is 0 Å². The van der Waals surface area contributed by atoms with Gasteiger partial charge in [0.25, 0.3) is 5.91 Å². The normalized spacial score (nSPS) is 18.3. The number of piperidine rings is 1. The summed E-state index contributed by atoms with van der Waals surface area (Å²) in [7, 11) is 0. The Morgan fingerprint density at radius 3 is 2.70 bits per heavy atom. The predicted octanol–water partition coefficient (Wildman–Crippen LogP) is 5.10. The van der Waals surface area contributed by atoms with Crippen molar-refractivity contribution in [3.63, 3.8) is 0 Å². The Bertz CT molecular complexity index is 1150. The van der Waals surface area contributed by atoms with Crippen molar-refractivity contribution in [2.24, 2.45) is 5.92 Å². The summed E-state index contributed by atoms with van der Waals surface area (Å²) < 4.78 is 8.12. The zero-order valence-electron chi connectivity index (χ0n) is 19.7. The number of pyridine rings is 2. The standard InChI is InChI=1S/C26H32N4O2.ClH/c1-17-11-13-29-15-21(28-25(29)19(17)3)14-22-6-4-5-12-30(22)26(31)24-23(10-7-18(2)27-24)32-16-20-8-9-20;/h7,10-11,13,15,20,22H,4-6,8-9,12,14,16H2,1-3H3;1H/t22-;/m0./s1. The van der Waals surface area contributed by atoms with E-state index in [0.717, 1.165) is 49.3 Å². The minimum Gasteiger partial charge on any atom is -0.491 e. The number of ether oxygens (including phenoxy) is 1. The fourth-order valence-corrected chi connectivity index (χ4v) is 4.59. The van der Waals surface area contributed by atoms with Crippen LogP contribution in [0, 0.1) is 26.7 Å². The molecular formula is C26H33ClN4O2. The molecular weight excluding hydrogens is 436 g/mol. The number of likely N-dealkylation sites (tertiary alicyclic amines) is 1. The van der Waals surface area contributed by atoms with E-state index in [1.54, 1.807) is 0 Å². The average molecular weight is 469 g/mol. The molecule has 2 fully saturated rings. The summed E-state index contributed by atoms with van der Waals surface area (Å²) in [5.74, 6) is 1.24. The summed E-state index contributed by atoms with van der Waals surface area (Å²) in [6.45, 7) is 7.59. The number of halogens is 1. The maximum Gasteiger partial charge on any atom is 0.276 e. The van der Waals surface area contributed by atoms with Crippen molar-refractivity contribution in [2.75, 3.05) is 13.2 Å². The van der Waals surface area contributed by atoms with E-state index < -0.39 is 0 Å². The highest BCUT2D eigenvalue weighted by atomic mass is 35.5. The van der Waals surface area contributed by atoms with E-state index in [4.69, 9.17) is 9.72 Å². The van der Waals surface area contributed by atoms with Crippen molar-refractivity contribution in [1.29, 1.82) is 0 Å². The highest BCUT2D eigenvalue weighted by molar-refractivity contribution is 5.95. The number of hydrogen-bond donors (Lipinski definition) is 0. The van der Waals surface area contributed by atoms with E-state index in [9.17, 15) is 4.79 Å². The average Bonchev–Trinajstić information content (AvgIpc) is 3.53. The highest BCUT2D eigenvalue weighted by Crippen LogP contribution is 2.31. The first-order chi connectivity index (χ1) is 15.5. The molecule has 1 aliphatic carbocycles. The number of carbonyl (C=O) groups excluding carboxylic acids is 1. The van der Waals surface area contributed by atoms with Gasteiger partial charge in [-0.05, 0) is 88.1 Å². The number of aromatic nitrogens is 3. The summed E-state index contributed by atoms with van der Waals surface area (Å²) >= 11 is 0. The lowest BCUT2D eigenvalue weighted by atomic mass is 9.97. The van der Waals surface area contributed by atoms with Gasteiger partial charge in [0.1, 0.15) is 5.65 Å². The third-order valence-electron chi connectivity index (χ3n) is 6.90. The van der Waals surface area contributed by atoms with Crippen molar-refractivity contribution in [3.8, 4) is 5.75 Å². The van der Waals surface area contributed by atoms with Crippen molar-refractivity contribution < 1.29 is 9.53 Å². The molecule has 4 heterocycles. The lowest BCUT2D eigenvalue weighted by Gasteiger charge is -2.35. The zero-order valence-corrected chi connectivity index (χ0v) is 20.5. The van der Waals surface area contributed by atoms with Crippen LogP contribution in [0.1, 0.15) is 65.1 Å². The predicted molar refractivity (Wildman–Crippen MR) is 131 cm³/mol. The molecule has 1 saturated heterocycles. The lowest BCUT2D eigenvalue weighted by Crippen LogP contribution is -2.45. The molecule has 1 saturated carbocycles. The van der Waals surface area contributed by atoms with Crippen LogP contribution in [0.3, 0.4) is 0 Å². The minimum atomic E-state index is -0.0139. The van der Waals surface area contributed by atoms with Crippen LogP contribution < -0.4 is 4.74 Å². The molecule has 1 aliphatic heterocycles. The van der Waals surface area contributed by atoms with E-state index in [2.05, 4.69) is 41.7 Å². The van der Waals surface area contributed by atoms with E-state index in [0.29, 0.717) is 24.0 Å². The molecule has 0 N–H and O–H groups in total. The summed E-state index contributed by atoms with van der Waals surface area (Å²) in [5.41, 5.74) is 5.78. The molecule has 0 spiro atoms.